The van der Waals surface area contributed by atoms with Crippen molar-refractivity contribution in [2.24, 2.45) is 0 Å². The Bertz CT molecular complexity index is 477. The summed E-state index contributed by atoms with van der Waals surface area (Å²) in [5.41, 5.74) is 0.582. The predicted octanol–water partition coefficient (Wildman–Crippen LogP) is 1.42. The fourth-order valence-electron chi connectivity index (χ4n) is 2.18. The van der Waals surface area contributed by atoms with E-state index in [0.717, 1.165) is 0 Å². The van der Waals surface area contributed by atoms with Gasteiger partial charge in [0.1, 0.15) is 6.54 Å². The Balaban J connectivity index is 2.22. The van der Waals surface area contributed by atoms with E-state index in [1.807, 2.05) is 13.0 Å². The molecule has 1 aliphatic heterocycles. The molecule has 1 aromatic rings. The van der Waals surface area contributed by atoms with Crippen LogP contribution in [0.25, 0.3) is 0 Å². The van der Waals surface area contributed by atoms with Gasteiger partial charge in [0.25, 0.3) is 0 Å². The SMILES string of the molecule is CC1COCCN1C(=O)N(CC(=O)O)c1ccccc1. The highest BCUT2D eigenvalue weighted by atomic mass is 16.5. The number of rotatable bonds is 3. The Labute approximate surface area is 117 Å². The van der Waals surface area contributed by atoms with E-state index in [1.165, 1.54) is 4.90 Å². The summed E-state index contributed by atoms with van der Waals surface area (Å²) in [6.45, 7) is 2.96. The highest BCUT2D eigenvalue weighted by molar-refractivity contribution is 5.96. The van der Waals surface area contributed by atoms with Gasteiger partial charge in [-0.05, 0) is 19.1 Å². The molecule has 1 saturated heterocycles. The molecular weight excluding hydrogens is 260 g/mol. The van der Waals surface area contributed by atoms with E-state index >= 15 is 0 Å². The van der Waals surface area contributed by atoms with Crippen molar-refractivity contribution in [1.82, 2.24) is 4.90 Å². The average Bonchev–Trinajstić information content (AvgIpc) is 2.45. The molecule has 0 bridgehead atoms. The maximum absolute atomic E-state index is 12.6. The molecule has 0 aromatic heterocycles. The zero-order chi connectivity index (χ0) is 14.5. The van der Waals surface area contributed by atoms with Crippen LogP contribution in [0.15, 0.2) is 30.3 Å². The van der Waals surface area contributed by atoms with Crippen LogP contribution in [0.5, 0.6) is 0 Å². The zero-order valence-electron chi connectivity index (χ0n) is 11.4. The lowest BCUT2D eigenvalue weighted by Gasteiger charge is -2.36. The van der Waals surface area contributed by atoms with Gasteiger partial charge < -0.3 is 14.7 Å². The molecule has 0 spiro atoms. The van der Waals surface area contributed by atoms with Crippen molar-refractivity contribution < 1.29 is 19.4 Å². The van der Waals surface area contributed by atoms with Crippen LogP contribution in [0.3, 0.4) is 0 Å². The maximum Gasteiger partial charge on any atom is 0.325 e. The third kappa shape index (κ3) is 3.27. The molecule has 1 aliphatic rings. The summed E-state index contributed by atoms with van der Waals surface area (Å²) in [6.07, 6.45) is 0. The molecule has 2 rings (SSSR count). The molecule has 0 radical (unpaired) electrons. The van der Waals surface area contributed by atoms with Gasteiger partial charge in [0.05, 0.1) is 19.3 Å². The van der Waals surface area contributed by atoms with Crippen molar-refractivity contribution >= 4 is 17.7 Å². The first-order valence-electron chi connectivity index (χ1n) is 6.52. The molecule has 1 atom stereocenters. The van der Waals surface area contributed by atoms with Crippen LogP contribution in [0.1, 0.15) is 6.92 Å². The molecule has 1 heterocycles. The van der Waals surface area contributed by atoms with Crippen LogP contribution in [0.2, 0.25) is 0 Å². The van der Waals surface area contributed by atoms with Gasteiger partial charge in [0.15, 0.2) is 0 Å². The van der Waals surface area contributed by atoms with Crippen molar-refractivity contribution in [2.45, 2.75) is 13.0 Å². The second-order valence-electron chi connectivity index (χ2n) is 4.72. The third-order valence-electron chi connectivity index (χ3n) is 3.21. The van der Waals surface area contributed by atoms with E-state index in [9.17, 15) is 9.59 Å². The number of anilines is 1. The number of benzene rings is 1. The molecular formula is C14H18N2O4. The lowest BCUT2D eigenvalue weighted by atomic mass is 10.2. The molecule has 1 unspecified atom stereocenters. The molecule has 1 fully saturated rings. The Morgan fingerprint density at radius 3 is 2.70 bits per heavy atom. The number of hydrogen-bond donors (Lipinski definition) is 1. The van der Waals surface area contributed by atoms with Gasteiger partial charge in [-0.25, -0.2) is 4.79 Å². The largest absolute Gasteiger partial charge is 0.480 e. The van der Waals surface area contributed by atoms with Gasteiger partial charge in [-0.2, -0.15) is 0 Å². The fourth-order valence-corrected chi connectivity index (χ4v) is 2.18. The van der Waals surface area contributed by atoms with Crippen molar-refractivity contribution in [1.29, 1.82) is 0 Å². The normalized spacial score (nSPS) is 18.6. The van der Waals surface area contributed by atoms with Crippen molar-refractivity contribution in [3.8, 4) is 0 Å². The first kappa shape index (κ1) is 14.3. The van der Waals surface area contributed by atoms with Crippen molar-refractivity contribution in [3.63, 3.8) is 0 Å². The van der Waals surface area contributed by atoms with Crippen LogP contribution in [-0.2, 0) is 9.53 Å². The molecule has 6 nitrogen and oxygen atoms in total. The second-order valence-corrected chi connectivity index (χ2v) is 4.72. The summed E-state index contributed by atoms with van der Waals surface area (Å²) in [7, 11) is 0. The number of para-hydroxylation sites is 1. The number of morpholine rings is 1. The maximum atomic E-state index is 12.6. The van der Waals surface area contributed by atoms with Gasteiger partial charge in [0, 0.05) is 12.2 Å². The van der Waals surface area contributed by atoms with E-state index in [2.05, 4.69) is 0 Å². The number of carbonyl (C=O) groups is 2. The van der Waals surface area contributed by atoms with Gasteiger partial charge in [-0.1, -0.05) is 18.2 Å². The minimum atomic E-state index is -1.04. The number of carbonyl (C=O) groups excluding carboxylic acids is 1. The van der Waals surface area contributed by atoms with E-state index < -0.39 is 5.97 Å². The fraction of sp³-hybridized carbons (Fsp3) is 0.429. The molecule has 1 N–H and O–H groups in total. The van der Waals surface area contributed by atoms with Crippen LogP contribution in [0.4, 0.5) is 10.5 Å². The number of carboxylic acids is 1. The average molecular weight is 278 g/mol. The second kappa shape index (κ2) is 6.38. The highest BCUT2D eigenvalue weighted by Crippen LogP contribution is 2.18. The summed E-state index contributed by atoms with van der Waals surface area (Å²) >= 11 is 0. The van der Waals surface area contributed by atoms with Crippen LogP contribution >= 0.6 is 0 Å². The summed E-state index contributed by atoms with van der Waals surface area (Å²) in [4.78, 5) is 26.5. The smallest absolute Gasteiger partial charge is 0.325 e. The molecule has 108 valence electrons. The van der Waals surface area contributed by atoms with E-state index in [-0.39, 0.29) is 18.6 Å². The Morgan fingerprint density at radius 2 is 2.10 bits per heavy atom. The minimum absolute atomic E-state index is 0.0590. The Kier molecular flexibility index (Phi) is 4.57. The van der Waals surface area contributed by atoms with Crippen molar-refractivity contribution in [2.75, 3.05) is 31.2 Å². The third-order valence-corrected chi connectivity index (χ3v) is 3.21. The molecule has 1 aromatic carbocycles. The van der Waals surface area contributed by atoms with Crippen LogP contribution < -0.4 is 4.90 Å². The topological polar surface area (TPSA) is 70.1 Å². The number of hydrogen-bond acceptors (Lipinski definition) is 3. The first-order valence-corrected chi connectivity index (χ1v) is 6.52. The lowest BCUT2D eigenvalue weighted by molar-refractivity contribution is -0.135. The van der Waals surface area contributed by atoms with E-state index in [0.29, 0.717) is 25.4 Å². The van der Waals surface area contributed by atoms with E-state index in [1.54, 1.807) is 29.2 Å². The summed E-state index contributed by atoms with van der Waals surface area (Å²) < 4.78 is 5.30. The molecule has 0 aliphatic carbocycles. The van der Waals surface area contributed by atoms with Crippen molar-refractivity contribution in [3.05, 3.63) is 30.3 Å². The van der Waals surface area contributed by atoms with Gasteiger partial charge in [0.2, 0.25) is 0 Å². The van der Waals surface area contributed by atoms with Gasteiger partial charge in [-0.15, -0.1) is 0 Å². The van der Waals surface area contributed by atoms with E-state index in [4.69, 9.17) is 9.84 Å². The van der Waals surface area contributed by atoms with Crippen LogP contribution in [0, 0.1) is 0 Å². The quantitative estimate of drug-likeness (QED) is 0.907. The number of aliphatic carboxylic acids is 1. The first-order chi connectivity index (χ1) is 9.59. The summed E-state index contributed by atoms with van der Waals surface area (Å²) in [5, 5.41) is 9.02. The minimum Gasteiger partial charge on any atom is -0.480 e. The van der Waals surface area contributed by atoms with Gasteiger partial charge in [-0.3, -0.25) is 9.69 Å². The summed E-state index contributed by atoms with van der Waals surface area (Å²) in [6, 6.07) is 8.48. The Morgan fingerprint density at radius 1 is 1.40 bits per heavy atom. The molecule has 2 amide bonds. The number of ether oxygens (including phenoxy) is 1. The molecule has 20 heavy (non-hydrogen) atoms. The number of amides is 2. The lowest BCUT2D eigenvalue weighted by Crippen LogP contribution is -2.53. The Hall–Kier alpha value is -2.08. The summed E-state index contributed by atoms with van der Waals surface area (Å²) in [5.74, 6) is -1.04. The highest BCUT2D eigenvalue weighted by Gasteiger charge is 2.29. The van der Waals surface area contributed by atoms with Gasteiger partial charge >= 0.3 is 12.0 Å². The number of carboxylic acid groups (broad SMARTS) is 1. The molecule has 6 heteroatoms. The van der Waals surface area contributed by atoms with Crippen LogP contribution in [-0.4, -0.2) is 54.4 Å². The molecule has 0 saturated carbocycles. The standard InChI is InChI=1S/C14H18N2O4/c1-11-10-20-8-7-15(11)14(19)16(9-13(17)18)12-5-3-2-4-6-12/h2-6,11H,7-10H2,1H3,(H,17,18). The number of nitrogens with zero attached hydrogens (tertiary/aromatic N) is 2. The zero-order valence-corrected chi connectivity index (χ0v) is 11.4. The monoisotopic (exact) mass is 278 g/mol. The predicted molar refractivity (Wildman–Crippen MR) is 73.8 cm³/mol. The number of urea groups is 1.